The molecule has 278 valence electrons. The summed E-state index contributed by atoms with van der Waals surface area (Å²) >= 11 is 0. The number of hydrogen-bond acceptors (Lipinski definition) is 5. The molecule has 0 aliphatic heterocycles. The third kappa shape index (κ3) is 40.8. The summed E-state index contributed by atoms with van der Waals surface area (Å²) in [6, 6.07) is 0. The van der Waals surface area contributed by atoms with E-state index in [0.717, 1.165) is 51.4 Å². The van der Waals surface area contributed by atoms with E-state index in [2.05, 4.69) is 27.7 Å². The van der Waals surface area contributed by atoms with Gasteiger partial charge in [-0.1, -0.05) is 182 Å². The fourth-order valence-electron chi connectivity index (χ4n) is 5.52. The van der Waals surface area contributed by atoms with Crippen molar-refractivity contribution in [3.63, 3.8) is 0 Å². The molecule has 0 aliphatic carbocycles. The second kappa shape index (κ2) is 41.8. The van der Waals surface area contributed by atoms with Crippen LogP contribution in [-0.2, 0) is 9.59 Å². The summed E-state index contributed by atoms with van der Waals surface area (Å²) in [6.07, 6.45) is 32.5. The predicted octanol–water partition coefficient (Wildman–Crippen LogP) is 10.7. The van der Waals surface area contributed by atoms with Gasteiger partial charge in [0.25, 0.3) is 0 Å². The van der Waals surface area contributed by atoms with Gasteiger partial charge in [-0.25, -0.2) is 0 Å². The number of unbranched alkanes of at least 4 members (excludes halogenated alkanes) is 20. The topological polar surface area (TPSA) is 135 Å². The highest BCUT2D eigenvalue weighted by atomic mass is 16.4. The van der Waals surface area contributed by atoms with Crippen LogP contribution in [0.4, 0.5) is 0 Å². The first-order valence-electron chi connectivity index (χ1n) is 19.6. The third-order valence-corrected chi connectivity index (χ3v) is 8.74. The maximum atomic E-state index is 11.2. The van der Waals surface area contributed by atoms with Gasteiger partial charge in [-0.2, -0.15) is 0 Å². The van der Waals surface area contributed by atoms with E-state index in [9.17, 15) is 19.8 Å². The van der Waals surface area contributed by atoms with Gasteiger partial charge in [-0.3, -0.25) is 9.59 Å². The molecular formula is C39H80O7. The molecule has 0 saturated heterocycles. The van der Waals surface area contributed by atoms with E-state index in [0.29, 0.717) is 0 Å². The van der Waals surface area contributed by atoms with E-state index in [1.165, 1.54) is 128 Å². The van der Waals surface area contributed by atoms with Crippen molar-refractivity contribution < 1.29 is 35.1 Å². The minimum atomic E-state index is -0.954. The number of aliphatic hydroxyl groups is 3. The molecule has 0 amide bonds. The third-order valence-electron chi connectivity index (χ3n) is 8.74. The lowest BCUT2D eigenvalue weighted by Crippen LogP contribution is -2.15. The Kier molecular flexibility index (Phi) is 44.8. The van der Waals surface area contributed by atoms with Crippen LogP contribution in [0.2, 0.25) is 0 Å². The first kappa shape index (κ1) is 49.2. The largest absolute Gasteiger partial charge is 0.481 e. The Hall–Kier alpha value is -1.18. The van der Waals surface area contributed by atoms with E-state index < -0.39 is 18.0 Å². The van der Waals surface area contributed by atoms with Gasteiger partial charge in [0.15, 0.2) is 0 Å². The summed E-state index contributed by atoms with van der Waals surface area (Å²) in [6.45, 7) is 8.16. The minimum absolute atomic E-state index is 0.0905. The molecule has 0 fully saturated rings. The van der Waals surface area contributed by atoms with Crippen LogP contribution in [0.3, 0.4) is 0 Å². The molecule has 0 aromatic rings. The van der Waals surface area contributed by atoms with Gasteiger partial charge in [-0.15, -0.1) is 0 Å². The van der Waals surface area contributed by atoms with Crippen LogP contribution < -0.4 is 0 Å². The molecule has 46 heavy (non-hydrogen) atoms. The van der Waals surface area contributed by atoms with Gasteiger partial charge >= 0.3 is 11.9 Å². The number of carbonyl (C=O) groups is 2. The second-order valence-corrected chi connectivity index (χ2v) is 13.3. The van der Waals surface area contributed by atoms with Crippen LogP contribution in [0.15, 0.2) is 0 Å². The lowest BCUT2D eigenvalue weighted by Gasteiger charge is -2.12. The van der Waals surface area contributed by atoms with Crippen molar-refractivity contribution in [3.8, 4) is 0 Å². The highest BCUT2D eigenvalue weighted by Crippen LogP contribution is 2.20. The number of rotatable bonds is 32. The first-order valence-corrected chi connectivity index (χ1v) is 19.6. The molecule has 2 atom stereocenters. The van der Waals surface area contributed by atoms with Crippen molar-refractivity contribution in [1.29, 1.82) is 0 Å². The van der Waals surface area contributed by atoms with Gasteiger partial charge < -0.3 is 25.5 Å². The number of carboxylic acids is 2. The van der Waals surface area contributed by atoms with Gasteiger partial charge in [0.1, 0.15) is 6.10 Å². The molecule has 0 rings (SSSR count). The molecule has 7 heteroatoms. The Labute approximate surface area is 285 Å². The summed E-state index contributed by atoms with van der Waals surface area (Å²) in [4.78, 5) is 22.4. The summed E-state index contributed by atoms with van der Waals surface area (Å²) in [5.74, 6) is -1.34. The van der Waals surface area contributed by atoms with Crippen molar-refractivity contribution in [2.75, 3.05) is 13.2 Å². The molecule has 0 bridgehead atoms. The average Bonchev–Trinajstić information content (AvgIpc) is 3.05. The molecule has 7 nitrogen and oxygen atoms in total. The molecule has 0 spiro atoms. The fourth-order valence-corrected chi connectivity index (χ4v) is 5.52. The highest BCUT2D eigenvalue weighted by molar-refractivity contribution is 5.70. The summed E-state index contributed by atoms with van der Waals surface area (Å²) in [5, 5.41) is 42.5. The first-order chi connectivity index (χ1) is 22.2. The molecular weight excluding hydrogens is 580 g/mol. The van der Waals surface area contributed by atoms with E-state index in [1.54, 1.807) is 0 Å². The van der Waals surface area contributed by atoms with Crippen molar-refractivity contribution in [2.24, 2.45) is 11.8 Å². The summed E-state index contributed by atoms with van der Waals surface area (Å²) < 4.78 is 0. The fraction of sp³-hybridized carbons (Fsp3) is 0.949. The SMILES string of the molecule is CCCCCCCCCC(CCCCCCC)C(=O)O.CCCCCCCCCC(CCCCCCC)C(=O)O.OCC(O)CO. The lowest BCUT2D eigenvalue weighted by molar-refractivity contribution is -0.143. The Balaban J connectivity index is -0.000000682. The van der Waals surface area contributed by atoms with Crippen LogP contribution in [0.5, 0.6) is 0 Å². The average molecular weight is 661 g/mol. The van der Waals surface area contributed by atoms with Gasteiger partial charge in [0.05, 0.1) is 25.0 Å². The van der Waals surface area contributed by atoms with Crippen molar-refractivity contribution >= 4 is 11.9 Å². The molecule has 0 radical (unpaired) electrons. The normalized spacial score (nSPS) is 12.2. The Morgan fingerprint density at radius 1 is 0.391 bits per heavy atom. The van der Waals surface area contributed by atoms with Crippen LogP contribution in [0.1, 0.15) is 207 Å². The Morgan fingerprint density at radius 3 is 0.739 bits per heavy atom. The predicted molar refractivity (Wildman–Crippen MR) is 194 cm³/mol. The summed E-state index contributed by atoms with van der Waals surface area (Å²) in [7, 11) is 0. The smallest absolute Gasteiger partial charge is 0.306 e. The second-order valence-electron chi connectivity index (χ2n) is 13.3. The Bertz CT molecular complexity index is 549. The number of hydrogen-bond donors (Lipinski definition) is 5. The van der Waals surface area contributed by atoms with Crippen LogP contribution in [0, 0.1) is 11.8 Å². The highest BCUT2D eigenvalue weighted by Gasteiger charge is 2.17. The van der Waals surface area contributed by atoms with Crippen molar-refractivity contribution in [2.45, 2.75) is 214 Å². The van der Waals surface area contributed by atoms with E-state index in [-0.39, 0.29) is 25.0 Å². The van der Waals surface area contributed by atoms with E-state index in [4.69, 9.17) is 15.3 Å². The standard InChI is InChI=1S/2C18H36O2.C3H8O3/c2*1-3-5-7-9-10-12-14-16-17(18(19)20)15-13-11-8-6-4-2;4-1-3(6)2-5/h2*17H,3-16H2,1-2H3,(H,19,20);3-6H,1-2H2. The van der Waals surface area contributed by atoms with Crippen LogP contribution >= 0.6 is 0 Å². The van der Waals surface area contributed by atoms with E-state index in [1.807, 2.05) is 0 Å². The van der Waals surface area contributed by atoms with E-state index >= 15 is 0 Å². The number of carboxylic acid groups (broad SMARTS) is 2. The quantitative estimate of drug-likeness (QED) is 0.0453. The zero-order valence-corrected chi connectivity index (χ0v) is 31.0. The molecule has 0 saturated carbocycles. The number of aliphatic carboxylic acids is 2. The molecule has 0 heterocycles. The molecule has 5 N–H and O–H groups in total. The maximum absolute atomic E-state index is 11.2. The molecule has 0 aromatic carbocycles. The zero-order chi connectivity index (χ0) is 35.1. The number of aliphatic hydroxyl groups excluding tert-OH is 3. The van der Waals surface area contributed by atoms with Gasteiger partial charge in [0.2, 0.25) is 0 Å². The Morgan fingerprint density at radius 2 is 0.587 bits per heavy atom. The lowest BCUT2D eigenvalue weighted by atomic mass is 9.94. The monoisotopic (exact) mass is 661 g/mol. The molecule has 0 aromatic heterocycles. The maximum Gasteiger partial charge on any atom is 0.306 e. The van der Waals surface area contributed by atoms with Crippen LogP contribution in [-0.4, -0.2) is 56.8 Å². The van der Waals surface area contributed by atoms with Gasteiger partial charge in [0, 0.05) is 0 Å². The van der Waals surface area contributed by atoms with Crippen molar-refractivity contribution in [1.82, 2.24) is 0 Å². The molecule has 2 unspecified atom stereocenters. The van der Waals surface area contributed by atoms with Gasteiger partial charge in [-0.05, 0) is 25.7 Å². The zero-order valence-electron chi connectivity index (χ0n) is 31.0. The minimum Gasteiger partial charge on any atom is -0.481 e. The summed E-state index contributed by atoms with van der Waals surface area (Å²) in [5.41, 5.74) is 0. The molecule has 0 aliphatic rings. The van der Waals surface area contributed by atoms with Crippen LogP contribution in [0.25, 0.3) is 0 Å². The van der Waals surface area contributed by atoms with Crippen molar-refractivity contribution in [3.05, 3.63) is 0 Å².